The molecule has 0 heterocycles. The van der Waals surface area contributed by atoms with Gasteiger partial charge in [0.15, 0.2) is 0 Å². The fourth-order valence-electron chi connectivity index (χ4n) is 0.301. The summed E-state index contributed by atoms with van der Waals surface area (Å²) in [5, 5.41) is 4.40. The standard InChI is InChI=1S/C12S2/c13-11-9-7-5-3-1-2-4-6-8-10-12-14. The molecule has 0 fully saturated rings. The van der Waals surface area contributed by atoms with Crippen molar-refractivity contribution in [2.45, 2.75) is 0 Å². The molecule has 0 amide bonds. The van der Waals surface area contributed by atoms with Gasteiger partial charge >= 0.3 is 0 Å². The molecule has 0 nitrogen and oxygen atoms in total. The molecule has 0 radical (unpaired) electrons. The summed E-state index contributed by atoms with van der Waals surface area (Å²) < 4.78 is 0. The lowest BCUT2D eigenvalue weighted by Crippen LogP contribution is -1.26. The normalized spacial score (nSPS) is 3.71. The van der Waals surface area contributed by atoms with Gasteiger partial charge in [0.05, 0.1) is 0 Å². The van der Waals surface area contributed by atoms with Gasteiger partial charge in [0.1, 0.15) is 0 Å². The van der Waals surface area contributed by atoms with E-state index in [0.717, 1.165) is 0 Å². The Morgan fingerprint density at radius 2 is 0.571 bits per heavy atom. The summed E-state index contributed by atoms with van der Waals surface area (Å²) in [6.07, 6.45) is 0. The molecule has 0 aromatic carbocycles. The molecule has 0 atom stereocenters. The van der Waals surface area contributed by atoms with Gasteiger partial charge in [0, 0.05) is 67.4 Å². The molecular weight excluding hydrogens is 208 g/mol. The number of thiocarbonyl (C=S) groups is 2. The molecule has 60 valence electrons. The molecule has 0 rings (SSSR count). The fourth-order valence-corrected chi connectivity index (χ4v) is 0.403. The first-order valence-corrected chi connectivity index (χ1v) is 3.97. The highest BCUT2D eigenvalue weighted by molar-refractivity contribution is 7.78. The van der Waals surface area contributed by atoms with Crippen molar-refractivity contribution < 1.29 is 0 Å². The molecule has 0 saturated heterocycles. The van der Waals surface area contributed by atoms with E-state index < -0.39 is 0 Å². The molecule has 2 heteroatoms. The largest absolute Gasteiger partial charge is 0.0176 e. The summed E-state index contributed by atoms with van der Waals surface area (Å²) in [5.74, 6) is 0. The Hall–Kier alpha value is -2.20. The Morgan fingerprint density at radius 3 is 0.786 bits per heavy atom. The molecule has 0 bridgehead atoms. The summed E-state index contributed by atoms with van der Waals surface area (Å²) in [6, 6.07) is 0. The van der Waals surface area contributed by atoms with E-state index in [1.165, 1.54) is 0 Å². The van der Waals surface area contributed by atoms with Crippen molar-refractivity contribution in [3.05, 3.63) is 57.3 Å². The van der Waals surface area contributed by atoms with Crippen LogP contribution in [-0.2, 0) is 0 Å². The van der Waals surface area contributed by atoms with Crippen LogP contribution in [0.3, 0.4) is 0 Å². The Kier molecular flexibility index (Phi) is 9.10. The van der Waals surface area contributed by atoms with Gasteiger partial charge in [-0.2, -0.15) is 0 Å². The van der Waals surface area contributed by atoms with Gasteiger partial charge in [-0.3, -0.25) is 0 Å². The van der Waals surface area contributed by atoms with Gasteiger partial charge in [-0.25, -0.2) is 0 Å². The molecule has 0 spiro atoms. The van der Waals surface area contributed by atoms with Gasteiger partial charge in [-0.05, 0) is 24.4 Å². The van der Waals surface area contributed by atoms with Gasteiger partial charge in [0.2, 0.25) is 0 Å². The second-order valence-corrected chi connectivity index (χ2v) is 1.86. The van der Waals surface area contributed by atoms with Crippen LogP contribution in [0.2, 0.25) is 0 Å². The number of hydrogen-bond acceptors (Lipinski definition) is 2. The van der Waals surface area contributed by atoms with Crippen LogP contribution in [0.1, 0.15) is 0 Å². The van der Waals surface area contributed by atoms with Crippen molar-refractivity contribution in [1.82, 2.24) is 0 Å². The average Bonchev–Trinajstić information content (AvgIpc) is 2.21. The van der Waals surface area contributed by atoms with E-state index in [4.69, 9.17) is 0 Å². The highest BCUT2D eigenvalue weighted by atomic mass is 32.1. The Morgan fingerprint density at radius 1 is 0.357 bits per heavy atom. The molecule has 0 aliphatic heterocycles. The van der Waals surface area contributed by atoms with E-state index in [1.807, 2.05) is 0 Å². The minimum atomic E-state index is 2.20. The molecule has 0 unspecified atom stereocenters. The zero-order valence-electron chi connectivity index (χ0n) is 6.82. The van der Waals surface area contributed by atoms with Crippen LogP contribution in [0.5, 0.6) is 0 Å². The lowest BCUT2D eigenvalue weighted by molar-refractivity contribution is 2.15. The van der Waals surface area contributed by atoms with E-state index in [2.05, 4.69) is 91.8 Å². The summed E-state index contributed by atoms with van der Waals surface area (Å²) in [5.41, 5.74) is 24.3. The Bertz CT molecular complexity index is 576. The Labute approximate surface area is 91.9 Å². The molecule has 0 aromatic heterocycles. The minimum absolute atomic E-state index is 2.20. The lowest BCUT2D eigenvalue weighted by atomic mass is 10.6. The van der Waals surface area contributed by atoms with Crippen LogP contribution in [0.4, 0.5) is 0 Å². The maximum absolute atomic E-state index is 4.33. The molecule has 0 N–H and O–H groups in total. The van der Waals surface area contributed by atoms with Gasteiger partial charge in [0.25, 0.3) is 0 Å². The third-order valence-electron chi connectivity index (χ3n) is 0.665. The van der Waals surface area contributed by atoms with E-state index in [9.17, 15) is 0 Å². The van der Waals surface area contributed by atoms with Crippen LogP contribution in [0, 0.1) is 0 Å². The quantitative estimate of drug-likeness (QED) is 0.442. The summed E-state index contributed by atoms with van der Waals surface area (Å²) >= 11 is 8.67. The summed E-state index contributed by atoms with van der Waals surface area (Å²) in [7, 11) is 0. The first kappa shape index (κ1) is 11.8. The lowest BCUT2D eigenvalue weighted by Gasteiger charge is -1.38. The van der Waals surface area contributed by atoms with Crippen LogP contribution in [-0.4, -0.2) is 10.0 Å². The molecule has 14 heavy (non-hydrogen) atoms. The van der Waals surface area contributed by atoms with Gasteiger partial charge in [-0.1, -0.05) is 0 Å². The van der Waals surface area contributed by atoms with E-state index in [1.54, 1.807) is 0 Å². The fraction of sp³-hybridized carbons (Fsp3) is 0. The predicted octanol–water partition coefficient (Wildman–Crippen LogP) is 2.29. The molecule has 0 aliphatic rings. The zero-order chi connectivity index (χ0) is 10.5. The van der Waals surface area contributed by atoms with Crippen molar-refractivity contribution in [1.29, 1.82) is 0 Å². The van der Waals surface area contributed by atoms with Gasteiger partial charge < -0.3 is 0 Å². The third kappa shape index (κ3) is 9.80. The predicted molar refractivity (Wildman–Crippen MR) is 60.3 cm³/mol. The molecule has 0 aliphatic carbocycles. The maximum Gasteiger partial charge on any atom is 0.0148 e. The molecular formula is C12S2. The van der Waals surface area contributed by atoms with Crippen LogP contribution in [0.15, 0.2) is 57.3 Å². The smallest absolute Gasteiger partial charge is 0.0148 e. The maximum atomic E-state index is 4.33. The SMILES string of the molecule is S=C=C=C=C=C=C=C=C=C=C=C=C=S. The van der Waals surface area contributed by atoms with Crippen molar-refractivity contribution in [2.75, 3.05) is 0 Å². The van der Waals surface area contributed by atoms with Crippen LogP contribution in [0.25, 0.3) is 0 Å². The first-order chi connectivity index (χ1) is 6.91. The van der Waals surface area contributed by atoms with Crippen molar-refractivity contribution in [3.63, 3.8) is 0 Å². The Balaban J connectivity index is 5.57. The highest BCUT2D eigenvalue weighted by Crippen LogP contribution is 1.54. The second kappa shape index (κ2) is 10.8. The summed E-state index contributed by atoms with van der Waals surface area (Å²) in [6.45, 7) is 0. The van der Waals surface area contributed by atoms with Crippen LogP contribution < -0.4 is 0 Å². The third-order valence-corrected chi connectivity index (χ3v) is 0.869. The van der Waals surface area contributed by atoms with Crippen molar-refractivity contribution in [3.8, 4) is 0 Å². The number of hydrogen-bond donors (Lipinski definition) is 0. The highest BCUT2D eigenvalue weighted by Gasteiger charge is 1.39. The first-order valence-electron chi connectivity index (χ1n) is 3.16. The number of rotatable bonds is 0. The van der Waals surface area contributed by atoms with Crippen molar-refractivity contribution in [2.24, 2.45) is 0 Å². The molecule has 0 saturated carbocycles. The monoisotopic (exact) mass is 208 g/mol. The minimum Gasteiger partial charge on any atom is -0.0176 e. The van der Waals surface area contributed by atoms with Crippen molar-refractivity contribution >= 4 is 34.5 Å². The zero-order valence-corrected chi connectivity index (χ0v) is 8.45. The van der Waals surface area contributed by atoms with E-state index in [0.29, 0.717) is 0 Å². The van der Waals surface area contributed by atoms with Crippen LogP contribution >= 0.6 is 24.4 Å². The second-order valence-electron chi connectivity index (χ2n) is 1.45. The topological polar surface area (TPSA) is 0 Å². The van der Waals surface area contributed by atoms with E-state index >= 15 is 0 Å². The van der Waals surface area contributed by atoms with Gasteiger partial charge in [-0.15, -0.1) is 0 Å². The summed E-state index contributed by atoms with van der Waals surface area (Å²) in [4.78, 5) is 0. The average molecular weight is 208 g/mol. The van der Waals surface area contributed by atoms with E-state index in [-0.39, 0.29) is 0 Å². The molecule has 0 aromatic rings.